The van der Waals surface area contributed by atoms with Crippen LogP contribution in [-0.4, -0.2) is 62.2 Å². The molecule has 62 heavy (non-hydrogen) atoms. The Balaban J connectivity index is 0.851. The normalized spacial score (nSPS) is 29.3. The third-order valence-electron chi connectivity index (χ3n) is 17.1. The van der Waals surface area contributed by atoms with E-state index in [4.69, 9.17) is 18.9 Å². The van der Waals surface area contributed by atoms with Crippen molar-refractivity contribution in [3.8, 4) is 11.5 Å². The van der Waals surface area contributed by atoms with E-state index in [1.165, 1.54) is 51.4 Å². The lowest BCUT2D eigenvalue weighted by Crippen LogP contribution is -2.51. The summed E-state index contributed by atoms with van der Waals surface area (Å²) in [5.74, 6) is 5.79. The summed E-state index contributed by atoms with van der Waals surface area (Å²) in [4.78, 5) is 15.5. The lowest BCUT2D eigenvalue weighted by molar-refractivity contribution is -0.0543. The van der Waals surface area contributed by atoms with Gasteiger partial charge in [0, 0.05) is 19.5 Å². The van der Waals surface area contributed by atoms with Gasteiger partial charge in [-0.05, 0) is 158 Å². The number of aliphatic hydroxyl groups is 1. The highest BCUT2D eigenvalue weighted by Gasteiger charge is 2.58. The van der Waals surface area contributed by atoms with Crippen molar-refractivity contribution in [3.05, 3.63) is 107 Å². The van der Waals surface area contributed by atoms with E-state index in [0.29, 0.717) is 31.5 Å². The first kappa shape index (κ1) is 44.8. The zero-order valence-corrected chi connectivity index (χ0v) is 38.7. The summed E-state index contributed by atoms with van der Waals surface area (Å²) >= 11 is 0. The summed E-state index contributed by atoms with van der Waals surface area (Å²) < 4.78 is 24.4. The van der Waals surface area contributed by atoms with Gasteiger partial charge in [0.05, 0.1) is 26.9 Å². The number of piperidine rings is 1. The molecule has 8 rings (SSSR count). The molecule has 0 bridgehead atoms. The number of allylic oxidation sites excluding steroid dienone is 1. The molecule has 5 aliphatic rings. The minimum Gasteiger partial charge on any atom is -0.497 e. The molecule has 8 atom stereocenters. The number of likely N-dealkylation sites (tertiary alicyclic amines) is 1. The summed E-state index contributed by atoms with van der Waals surface area (Å²) in [5, 5.41) is 11.6. The number of rotatable bonds is 15. The Kier molecular flexibility index (Phi) is 13.8. The number of carbonyl (C=O) groups is 1. The lowest BCUT2D eigenvalue weighted by atomic mass is 9.47. The number of nitrogens with zero attached hydrogens (tertiary/aromatic N) is 1. The molecule has 0 spiro atoms. The SMILES string of the molecule is COc1ccc(C(OCCC(O)C2CCN(C(=O)O[C@@H]3CC[C@]4(C)C(=CCC5C6CCC(CCCC(C)C)[C@]6(C)CCC54)C3)CC2)(c2ccccc2)c2ccc(OC)cc2)cc1. The van der Waals surface area contributed by atoms with Crippen LogP contribution in [0.25, 0.3) is 0 Å². The summed E-state index contributed by atoms with van der Waals surface area (Å²) in [6.07, 6.45) is 17.8. The van der Waals surface area contributed by atoms with E-state index in [1.54, 1.807) is 19.8 Å². The Morgan fingerprint density at radius 2 is 1.44 bits per heavy atom. The quantitative estimate of drug-likeness (QED) is 0.121. The molecular formula is C55H75NO6. The van der Waals surface area contributed by atoms with Gasteiger partial charge in [-0.2, -0.15) is 0 Å². The molecule has 0 radical (unpaired) electrons. The number of ether oxygens (including phenoxy) is 4. The molecule has 3 aromatic carbocycles. The maximum atomic E-state index is 13.7. The van der Waals surface area contributed by atoms with Crippen molar-refractivity contribution in [2.75, 3.05) is 33.9 Å². The molecule has 3 aromatic rings. The van der Waals surface area contributed by atoms with Crippen molar-refractivity contribution in [1.82, 2.24) is 4.90 Å². The molecule has 4 fully saturated rings. The van der Waals surface area contributed by atoms with Crippen LogP contribution in [-0.2, 0) is 15.1 Å². The molecule has 0 aromatic heterocycles. The first-order chi connectivity index (χ1) is 30.0. The Bertz CT molecular complexity index is 1910. The van der Waals surface area contributed by atoms with Crippen molar-refractivity contribution in [1.29, 1.82) is 0 Å². The molecule has 1 aliphatic heterocycles. The van der Waals surface area contributed by atoms with Gasteiger partial charge in [0.15, 0.2) is 0 Å². The Hall–Kier alpha value is -3.81. The van der Waals surface area contributed by atoms with Gasteiger partial charge in [-0.15, -0.1) is 0 Å². The third-order valence-corrected chi connectivity index (χ3v) is 17.1. The first-order valence-corrected chi connectivity index (χ1v) is 24.3. The number of methoxy groups -OCH3 is 2. The lowest BCUT2D eigenvalue weighted by Gasteiger charge is -2.58. The molecule has 1 amide bonds. The molecule has 7 heteroatoms. The Morgan fingerprint density at radius 1 is 0.790 bits per heavy atom. The number of aliphatic hydroxyl groups excluding tert-OH is 1. The molecule has 1 saturated heterocycles. The zero-order valence-electron chi connectivity index (χ0n) is 38.7. The first-order valence-electron chi connectivity index (χ1n) is 24.3. The van der Waals surface area contributed by atoms with Gasteiger partial charge >= 0.3 is 6.09 Å². The van der Waals surface area contributed by atoms with Gasteiger partial charge in [0.25, 0.3) is 0 Å². The molecule has 1 heterocycles. The fourth-order valence-corrected chi connectivity index (χ4v) is 13.4. The van der Waals surface area contributed by atoms with Gasteiger partial charge < -0.3 is 29.0 Å². The number of carbonyl (C=O) groups excluding carboxylic acids is 1. The van der Waals surface area contributed by atoms with Crippen LogP contribution in [0.4, 0.5) is 4.79 Å². The van der Waals surface area contributed by atoms with Crippen LogP contribution >= 0.6 is 0 Å². The summed E-state index contributed by atoms with van der Waals surface area (Å²) in [5.41, 5.74) is 4.33. The highest BCUT2D eigenvalue weighted by Crippen LogP contribution is 2.67. The second kappa shape index (κ2) is 19.1. The van der Waals surface area contributed by atoms with E-state index in [0.717, 1.165) is 89.9 Å². The standard InChI is InChI=1S/C55H75NO6/c1-38(2)11-10-14-40-20-26-49-48-25-19-44-37-47(27-32-54(44,4)50(48)28-33-53(40,49)3)62-52(58)56-34-29-39(30-35-56)51(57)31-36-61-55(41-12-8-7-9-13-41,42-15-21-45(59-5)22-16-42)43-17-23-46(60-6)24-18-43/h7-9,12-13,15-19,21-24,38-40,47-51,57H,10-11,14,20,25-37H2,1-6H3/t40?,47-,48?,49?,50?,51?,53+,54-/m1/s1. The zero-order chi connectivity index (χ0) is 43.5. The second-order valence-corrected chi connectivity index (χ2v) is 20.7. The minimum absolute atomic E-state index is 0.0502. The van der Waals surface area contributed by atoms with Gasteiger partial charge in [-0.3, -0.25) is 0 Å². The summed E-state index contributed by atoms with van der Waals surface area (Å²) in [6, 6.07) is 26.3. The van der Waals surface area contributed by atoms with Crippen LogP contribution in [0.1, 0.15) is 134 Å². The van der Waals surface area contributed by atoms with Gasteiger partial charge in [-0.25, -0.2) is 4.79 Å². The number of amides is 1. The predicted octanol–water partition coefficient (Wildman–Crippen LogP) is 12.4. The molecule has 4 aliphatic carbocycles. The average Bonchev–Trinajstić information content (AvgIpc) is 3.64. The van der Waals surface area contributed by atoms with Gasteiger partial charge in [0.1, 0.15) is 23.2 Å². The third kappa shape index (κ3) is 8.83. The van der Waals surface area contributed by atoms with Crippen molar-refractivity contribution in [2.24, 2.45) is 46.3 Å². The predicted molar refractivity (Wildman–Crippen MR) is 247 cm³/mol. The smallest absolute Gasteiger partial charge is 0.410 e. The molecule has 7 nitrogen and oxygen atoms in total. The van der Waals surface area contributed by atoms with Crippen molar-refractivity contribution in [2.45, 2.75) is 135 Å². The van der Waals surface area contributed by atoms with Crippen LogP contribution in [0.5, 0.6) is 11.5 Å². The fraction of sp³-hybridized carbons (Fsp3) is 0.618. The molecule has 336 valence electrons. The average molecular weight is 846 g/mol. The van der Waals surface area contributed by atoms with E-state index >= 15 is 0 Å². The van der Waals surface area contributed by atoms with E-state index in [9.17, 15) is 9.90 Å². The van der Waals surface area contributed by atoms with Crippen LogP contribution in [0.3, 0.4) is 0 Å². The van der Waals surface area contributed by atoms with Crippen molar-refractivity contribution < 1.29 is 28.8 Å². The minimum atomic E-state index is -0.928. The van der Waals surface area contributed by atoms with Gasteiger partial charge in [-0.1, -0.05) is 107 Å². The highest BCUT2D eigenvalue weighted by atomic mass is 16.6. The number of hydrogen-bond acceptors (Lipinski definition) is 6. The summed E-state index contributed by atoms with van der Waals surface area (Å²) in [6.45, 7) is 11.5. The second-order valence-electron chi connectivity index (χ2n) is 20.7. The monoisotopic (exact) mass is 846 g/mol. The number of fused-ring (bicyclic) bond motifs is 5. The molecular weight excluding hydrogens is 771 g/mol. The van der Waals surface area contributed by atoms with Crippen LogP contribution in [0, 0.1) is 46.3 Å². The maximum absolute atomic E-state index is 13.7. The maximum Gasteiger partial charge on any atom is 0.410 e. The van der Waals surface area contributed by atoms with Crippen LogP contribution < -0.4 is 9.47 Å². The summed E-state index contributed by atoms with van der Waals surface area (Å²) in [7, 11) is 3.34. The Morgan fingerprint density at radius 3 is 2.06 bits per heavy atom. The molecule has 1 N–H and O–H groups in total. The van der Waals surface area contributed by atoms with Crippen molar-refractivity contribution >= 4 is 6.09 Å². The topological polar surface area (TPSA) is 77.5 Å². The van der Waals surface area contributed by atoms with Crippen LogP contribution in [0.2, 0.25) is 0 Å². The van der Waals surface area contributed by atoms with Gasteiger partial charge in [0.2, 0.25) is 0 Å². The van der Waals surface area contributed by atoms with E-state index in [2.05, 4.69) is 70.2 Å². The van der Waals surface area contributed by atoms with E-state index < -0.39 is 11.7 Å². The largest absolute Gasteiger partial charge is 0.497 e. The van der Waals surface area contributed by atoms with E-state index in [1.807, 2.05) is 47.4 Å². The Labute approximate surface area is 372 Å². The number of hydrogen-bond donors (Lipinski definition) is 1. The van der Waals surface area contributed by atoms with E-state index in [-0.39, 0.29) is 23.5 Å². The van der Waals surface area contributed by atoms with Crippen LogP contribution in [0.15, 0.2) is 90.5 Å². The molecule has 3 saturated carbocycles. The number of benzene rings is 3. The van der Waals surface area contributed by atoms with Crippen molar-refractivity contribution in [3.63, 3.8) is 0 Å². The fourth-order valence-electron chi connectivity index (χ4n) is 13.4. The molecule has 5 unspecified atom stereocenters. The highest BCUT2D eigenvalue weighted by molar-refractivity contribution is 5.68.